The molecule has 0 heterocycles. The van der Waals surface area contributed by atoms with Crippen LogP contribution >= 0.6 is 34.8 Å². The Bertz CT molecular complexity index is 671. The van der Waals surface area contributed by atoms with E-state index in [1.807, 2.05) is 0 Å². The Morgan fingerprint density at radius 2 is 1.74 bits per heavy atom. The number of hydrogen-bond acceptors (Lipinski definition) is 2. The first-order valence-electron chi connectivity index (χ1n) is 5.30. The lowest BCUT2D eigenvalue weighted by atomic mass is 10.0. The molecule has 6 heteroatoms. The highest BCUT2D eigenvalue weighted by Gasteiger charge is 2.19. The van der Waals surface area contributed by atoms with Crippen molar-refractivity contribution < 1.29 is 4.92 Å². The predicted molar refractivity (Wildman–Crippen MR) is 78.3 cm³/mol. The molecule has 19 heavy (non-hydrogen) atoms. The van der Waals surface area contributed by atoms with Crippen molar-refractivity contribution >= 4 is 40.5 Å². The summed E-state index contributed by atoms with van der Waals surface area (Å²) in [5, 5.41) is 12.0. The van der Waals surface area contributed by atoms with Gasteiger partial charge in [0, 0.05) is 16.7 Å². The number of rotatable bonds is 2. The molecule has 98 valence electrons. The van der Waals surface area contributed by atoms with Crippen LogP contribution in [0.4, 0.5) is 5.69 Å². The van der Waals surface area contributed by atoms with Crippen molar-refractivity contribution in [2.75, 3.05) is 0 Å². The van der Waals surface area contributed by atoms with Gasteiger partial charge in [-0.05, 0) is 30.7 Å². The summed E-state index contributed by atoms with van der Waals surface area (Å²) in [5.41, 5.74) is 1.61. The number of hydrogen-bond donors (Lipinski definition) is 0. The molecule has 0 radical (unpaired) electrons. The van der Waals surface area contributed by atoms with Crippen molar-refractivity contribution in [3.05, 3.63) is 61.1 Å². The van der Waals surface area contributed by atoms with Gasteiger partial charge in [-0.1, -0.05) is 40.9 Å². The Labute approximate surface area is 124 Å². The molecule has 0 N–H and O–H groups in total. The van der Waals surface area contributed by atoms with E-state index in [0.717, 1.165) is 5.56 Å². The van der Waals surface area contributed by atoms with Crippen molar-refractivity contribution in [1.29, 1.82) is 0 Å². The lowest BCUT2D eigenvalue weighted by Gasteiger charge is -2.08. The molecule has 0 saturated carbocycles. The molecule has 0 saturated heterocycles. The van der Waals surface area contributed by atoms with Crippen LogP contribution in [0.15, 0.2) is 30.3 Å². The van der Waals surface area contributed by atoms with Crippen LogP contribution in [0.2, 0.25) is 15.1 Å². The van der Waals surface area contributed by atoms with Gasteiger partial charge in [-0.2, -0.15) is 0 Å². The van der Waals surface area contributed by atoms with Crippen LogP contribution < -0.4 is 0 Å². The Kier molecular flexibility index (Phi) is 3.99. The number of benzene rings is 2. The standard InChI is InChI=1S/C13H8Cl3NO2/c1-7-2-3-9(12(4-7)17(18)19)10-5-8(14)6-11(15)13(10)16/h2-6H,1H3. The third-order valence-corrected chi connectivity index (χ3v) is 3.65. The van der Waals surface area contributed by atoms with Crippen molar-refractivity contribution in [3.63, 3.8) is 0 Å². The SMILES string of the molecule is Cc1ccc(-c2cc(Cl)cc(Cl)c2Cl)c([N+](=O)[O-])c1. The smallest absolute Gasteiger partial charge is 0.258 e. The van der Waals surface area contributed by atoms with Gasteiger partial charge in [0.25, 0.3) is 5.69 Å². The zero-order valence-corrected chi connectivity index (χ0v) is 12.1. The highest BCUT2D eigenvalue weighted by Crippen LogP contribution is 2.40. The highest BCUT2D eigenvalue weighted by molar-refractivity contribution is 6.45. The molecule has 0 unspecified atom stereocenters. The number of nitrogens with zero attached hydrogens (tertiary/aromatic N) is 1. The maximum atomic E-state index is 11.1. The van der Waals surface area contributed by atoms with Crippen LogP contribution in [0, 0.1) is 17.0 Å². The second kappa shape index (κ2) is 5.37. The first kappa shape index (κ1) is 14.1. The number of halogens is 3. The average molecular weight is 317 g/mol. The van der Waals surface area contributed by atoms with E-state index < -0.39 is 4.92 Å². The van der Waals surface area contributed by atoms with Crippen LogP contribution in [0.3, 0.4) is 0 Å². The molecule has 0 spiro atoms. The molecule has 2 aromatic rings. The fourth-order valence-corrected chi connectivity index (χ4v) is 2.48. The Hall–Kier alpha value is -1.29. The molecule has 0 bridgehead atoms. The third-order valence-electron chi connectivity index (χ3n) is 2.63. The first-order chi connectivity index (χ1) is 8.90. The molecule has 0 fully saturated rings. The molecular weight excluding hydrogens is 309 g/mol. The summed E-state index contributed by atoms with van der Waals surface area (Å²) >= 11 is 18.0. The van der Waals surface area contributed by atoms with E-state index in [4.69, 9.17) is 34.8 Å². The third kappa shape index (κ3) is 2.84. The zero-order chi connectivity index (χ0) is 14.2. The predicted octanol–water partition coefficient (Wildman–Crippen LogP) is 5.53. The molecule has 3 nitrogen and oxygen atoms in total. The van der Waals surface area contributed by atoms with E-state index in [1.165, 1.54) is 12.1 Å². The molecule has 2 rings (SSSR count). The quantitative estimate of drug-likeness (QED) is 0.415. The van der Waals surface area contributed by atoms with Gasteiger partial charge in [0.2, 0.25) is 0 Å². The summed E-state index contributed by atoms with van der Waals surface area (Å²) in [5.74, 6) is 0. The van der Waals surface area contributed by atoms with Crippen LogP contribution in [-0.2, 0) is 0 Å². The summed E-state index contributed by atoms with van der Waals surface area (Å²) in [4.78, 5) is 10.7. The molecule has 2 aromatic carbocycles. The lowest BCUT2D eigenvalue weighted by molar-refractivity contribution is -0.384. The van der Waals surface area contributed by atoms with Gasteiger partial charge in [0.15, 0.2) is 0 Å². The Balaban J connectivity index is 2.75. The summed E-state index contributed by atoms with van der Waals surface area (Å²) in [7, 11) is 0. The second-order valence-corrected chi connectivity index (χ2v) is 5.25. The molecule has 0 aliphatic heterocycles. The van der Waals surface area contributed by atoms with E-state index in [1.54, 1.807) is 25.1 Å². The minimum absolute atomic E-state index is 0.0276. The summed E-state index contributed by atoms with van der Waals surface area (Å²) in [6.45, 7) is 1.78. The fraction of sp³-hybridized carbons (Fsp3) is 0.0769. The maximum absolute atomic E-state index is 11.1. The molecule has 0 aromatic heterocycles. The number of nitro benzene ring substituents is 1. The van der Waals surface area contributed by atoms with Gasteiger partial charge in [-0.25, -0.2) is 0 Å². The van der Waals surface area contributed by atoms with Crippen molar-refractivity contribution in [2.45, 2.75) is 6.92 Å². The van der Waals surface area contributed by atoms with Gasteiger partial charge in [0.1, 0.15) is 0 Å². The van der Waals surface area contributed by atoms with E-state index in [0.29, 0.717) is 16.1 Å². The van der Waals surface area contributed by atoms with Crippen LogP contribution in [0.25, 0.3) is 11.1 Å². The Morgan fingerprint density at radius 3 is 2.37 bits per heavy atom. The van der Waals surface area contributed by atoms with Gasteiger partial charge >= 0.3 is 0 Å². The van der Waals surface area contributed by atoms with Gasteiger partial charge in [-0.3, -0.25) is 10.1 Å². The molecule has 0 aliphatic carbocycles. The van der Waals surface area contributed by atoms with Crippen LogP contribution in [0.5, 0.6) is 0 Å². The maximum Gasteiger partial charge on any atom is 0.277 e. The van der Waals surface area contributed by atoms with Crippen molar-refractivity contribution in [3.8, 4) is 11.1 Å². The van der Waals surface area contributed by atoms with E-state index in [2.05, 4.69) is 0 Å². The molecule has 0 atom stereocenters. The van der Waals surface area contributed by atoms with Crippen LogP contribution in [-0.4, -0.2) is 4.92 Å². The minimum atomic E-state index is -0.451. The number of aryl methyl sites for hydroxylation is 1. The van der Waals surface area contributed by atoms with Gasteiger partial charge in [-0.15, -0.1) is 0 Å². The largest absolute Gasteiger partial charge is 0.277 e. The summed E-state index contributed by atoms with van der Waals surface area (Å²) in [6.07, 6.45) is 0. The molecular formula is C13H8Cl3NO2. The van der Waals surface area contributed by atoms with E-state index >= 15 is 0 Å². The second-order valence-electron chi connectivity index (χ2n) is 4.03. The molecule has 0 amide bonds. The topological polar surface area (TPSA) is 43.1 Å². The lowest BCUT2D eigenvalue weighted by Crippen LogP contribution is -1.93. The molecule has 0 aliphatic rings. The van der Waals surface area contributed by atoms with E-state index in [9.17, 15) is 10.1 Å². The summed E-state index contributed by atoms with van der Waals surface area (Å²) in [6, 6.07) is 7.96. The van der Waals surface area contributed by atoms with Gasteiger partial charge in [0.05, 0.1) is 20.5 Å². The normalized spacial score (nSPS) is 10.5. The van der Waals surface area contributed by atoms with Crippen molar-refractivity contribution in [1.82, 2.24) is 0 Å². The van der Waals surface area contributed by atoms with Gasteiger partial charge < -0.3 is 0 Å². The fourth-order valence-electron chi connectivity index (χ4n) is 1.77. The zero-order valence-electron chi connectivity index (χ0n) is 9.78. The summed E-state index contributed by atoms with van der Waals surface area (Å²) < 4.78 is 0. The highest BCUT2D eigenvalue weighted by atomic mass is 35.5. The minimum Gasteiger partial charge on any atom is -0.258 e. The average Bonchev–Trinajstić information content (AvgIpc) is 2.34. The Morgan fingerprint density at radius 1 is 1.05 bits per heavy atom. The van der Waals surface area contributed by atoms with E-state index in [-0.39, 0.29) is 15.7 Å². The monoisotopic (exact) mass is 315 g/mol. The first-order valence-corrected chi connectivity index (χ1v) is 6.43. The van der Waals surface area contributed by atoms with Crippen molar-refractivity contribution in [2.24, 2.45) is 0 Å². The number of nitro groups is 1. The van der Waals surface area contributed by atoms with Crippen LogP contribution in [0.1, 0.15) is 5.56 Å².